The average Bonchev–Trinajstić information content (AvgIpc) is 2.04. The van der Waals surface area contributed by atoms with Gasteiger partial charge in [0.2, 0.25) is 11.8 Å². The topological polar surface area (TPSA) is 98.2 Å². The molecule has 0 radical (unpaired) electrons. The van der Waals surface area contributed by atoms with Crippen LogP contribution < -0.4 is 16.8 Å². The lowest BCUT2D eigenvalue weighted by molar-refractivity contribution is -0.125. The van der Waals surface area contributed by atoms with Gasteiger partial charge < -0.3 is 16.8 Å². The molecule has 0 bridgehead atoms. The number of hydrogen-bond acceptors (Lipinski definition) is 3. The van der Waals surface area contributed by atoms with Gasteiger partial charge in [0.05, 0.1) is 6.04 Å². The van der Waals surface area contributed by atoms with Crippen LogP contribution in [0.2, 0.25) is 0 Å². The Bertz CT molecular complexity index is 185. The number of amides is 2. The Kier molecular flexibility index (Phi) is 2.65. The molecule has 2 atom stereocenters. The van der Waals surface area contributed by atoms with Gasteiger partial charge in [-0.3, -0.25) is 9.59 Å². The summed E-state index contributed by atoms with van der Waals surface area (Å²) < 4.78 is 0. The summed E-state index contributed by atoms with van der Waals surface area (Å²) in [7, 11) is 0. The molecule has 1 aliphatic heterocycles. The molecule has 2 amide bonds. The van der Waals surface area contributed by atoms with E-state index in [0.29, 0.717) is 19.4 Å². The van der Waals surface area contributed by atoms with Crippen molar-refractivity contribution in [2.75, 3.05) is 6.54 Å². The first-order valence-electron chi connectivity index (χ1n) is 3.93. The Morgan fingerprint density at radius 2 is 1.92 bits per heavy atom. The van der Waals surface area contributed by atoms with Crippen molar-refractivity contribution < 1.29 is 9.59 Å². The van der Waals surface area contributed by atoms with E-state index in [1.54, 1.807) is 0 Å². The Hall–Kier alpha value is -1.10. The minimum atomic E-state index is -0.416. The average molecular weight is 171 g/mol. The summed E-state index contributed by atoms with van der Waals surface area (Å²) in [5.74, 6) is -0.965. The van der Waals surface area contributed by atoms with Crippen molar-refractivity contribution in [1.29, 1.82) is 0 Å². The van der Waals surface area contributed by atoms with E-state index in [9.17, 15) is 9.59 Å². The molecule has 5 N–H and O–H groups in total. The van der Waals surface area contributed by atoms with Crippen LogP contribution in [-0.4, -0.2) is 24.4 Å². The molecule has 1 aliphatic rings. The monoisotopic (exact) mass is 171 g/mol. The third-order valence-electron chi connectivity index (χ3n) is 2.15. The van der Waals surface area contributed by atoms with Gasteiger partial charge in [0.25, 0.3) is 0 Å². The molecular weight excluding hydrogens is 158 g/mol. The molecule has 0 spiro atoms. The summed E-state index contributed by atoms with van der Waals surface area (Å²) in [5.41, 5.74) is 10.2. The lowest BCUT2D eigenvalue weighted by atomic mass is 9.92. The van der Waals surface area contributed by atoms with Gasteiger partial charge in [-0.1, -0.05) is 0 Å². The second kappa shape index (κ2) is 3.53. The highest BCUT2D eigenvalue weighted by Gasteiger charge is 2.27. The first-order valence-corrected chi connectivity index (χ1v) is 3.93. The van der Waals surface area contributed by atoms with E-state index in [2.05, 4.69) is 5.32 Å². The third-order valence-corrected chi connectivity index (χ3v) is 2.15. The van der Waals surface area contributed by atoms with Crippen LogP contribution in [0.15, 0.2) is 0 Å². The molecule has 12 heavy (non-hydrogen) atoms. The minimum absolute atomic E-state index is 0.205. The molecule has 0 saturated carbocycles. The predicted octanol–water partition coefficient (Wildman–Crippen LogP) is -1.67. The van der Waals surface area contributed by atoms with Gasteiger partial charge >= 0.3 is 0 Å². The number of nitrogens with one attached hydrogen (secondary N) is 1. The highest BCUT2D eigenvalue weighted by Crippen LogP contribution is 2.14. The zero-order chi connectivity index (χ0) is 9.14. The van der Waals surface area contributed by atoms with Crippen LogP contribution in [0.3, 0.4) is 0 Å². The molecule has 1 heterocycles. The van der Waals surface area contributed by atoms with E-state index in [0.717, 1.165) is 0 Å². The van der Waals surface area contributed by atoms with Crippen LogP contribution in [0.4, 0.5) is 0 Å². The standard InChI is InChI=1S/C7H13N3O2/c8-6(11)4-1-2-10-5(3-4)7(9)12/h4-5,10H,1-3H2,(H2,8,11)(H2,9,12)/t4-,5-/m1/s1. The Morgan fingerprint density at radius 1 is 1.25 bits per heavy atom. The number of rotatable bonds is 2. The largest absolute Gasteiger partial charge is 0.369 e. The van der Waals surface area contributed by atoms with E-state index in [1.165, 1.54) is 0 Å². The second-order valence-corrected chi connectivity index (χ2v) is 3.03. The van der Waals surface area contributed by atoms with Crippen LogP contribution >= 0.6 is 0 Å². The van der Waals surface area contributed by atoms with Gasteiger partial charge in [-0.25, -0.2) is 0 Å². The van der Waals surface area contributed by atoms with E-state index in [4.69, 9.17) is 11.5 Å². The number of nitrogens with two attached hydrogens (primary N) is 2. The maximum absolute atomic E-state index is 10.8. The number of piperidine rings is 1. The highest BCUT2D eigenvalue weighted by molar-refractivity contribution is 5.82. The molecule has 0 aromatic carbocycles. The zero-order valence-corrected chi connectivity index (χ0v) is 6.75. The van der Waals surface area contributed by atoms with Gasteiger partial charge in [-0.15, -0.1) is 0 Å². The van der Waals surface area contributed by atoms with Crippen molar-refractivity contribution in [2.45, 2.75) is 18.9 Å². The van der Waals surface area contributed by atoms with Crippen LogP contribution in [0, 0.1) is 5.92 Å². The van der Waals surface area contributed by atoms with Crippen LogP contribution in [-0.2, 0) is 9.59 Å². The summed E-state index contributed by atoms with van der Waals surface area (Å²) in [6.07, 6.45) is 1.13. The van der Waals surface area contributed by atoms with Gasteiger partial charge in [0.1, 0.15) is 0 Å². The minimum Gasteiger partial charge on any atom is -0.369 e. The summed E-state index contributed by atoms with van der Waals surface area (Å²) >= 11 is 0. The molecule has 5 nitrogen and oxygen atoms in total. The summed E-state index contributed by atoms with van der Waals surface area (Å²) in [6, 6.07) is -0.392. The first-order chi connectivity index (χ1) is 5.61. The predicted molar refractivity (Wildman–Crippen MR) is 42.9 cm³/mol. The number of carbonyl (C=O) groups is 2. The fraction of sp³-hybridized carbons (Fsp3) is 0.714. The molecule has 0 aromatic heterocycles. The second-order valence-electron chi connectivity index (χ2n) is 3.03. The lowest BCUT2D eigenvalue weighted by Gasteiger charge is -2.26. The molecule has 68 valence electrons. The first kappa shape index (κ1) is 8.99. The SMILES string of the molecule is NC(=O)[C@@H]1CCN[C@@H](C(N)=O)C1. The van der Waals surface area contributed by atoms with Crippen LogP contribution in [0.5, 0.6) is 0 Å². The Balaban J connectivity index is 2.51. The fourth-order valence-corrected chi connectivity index (χ4v) is 1.39. The van der Waals surface area contributed by atoms with E-state index >= 15 is 0 Å². The van der Waals surface area contributed by atoms with Crippen LogP contribution in [0.1, 0.15) is 12.8 Å². The van der Waals surface area contributed by atoms with Gasteiger partial charge in [0, 0.05) is 5.92 Å². The van der Waals surface area contributed by atoms with Crippen molar-refractivity contribution in [3.8, 4) is 0 Å². The summed E-state index contributed by atoms with van der Waals surface area (Å²) in [4.78, 5) is 21.5. The molecule has 0 unspecified atom stereocenters. The number of carbonyl (C=O) groups excluding carboxylic acids is 2. The van der Waals surface area contributed by atoms with E-state index in [1.807, 2.05) is 0 Å². The van der Waals surface area contributed by atoms with E-state index < -0.39 is 11.9 Å². The molecule has 1 fully saturated rings. The quantitative estimate of drug-likeness (QED) is 0.463. The zero-order valence-electron chi connectivity index (χ0n) is 6.75. The molecule has 1 rings (SSSR count). The maximum Gasteiger partial charge on any atom is 0.234 e. The normalized spacial score (nSPS) is 29.7. The summed E-state index contributed by atoms with van der Waals surface area (Å²) in [5, 5.41) is 2.92. The molecular formula is C7H13N3O2. The molecule has 0 aromatic rings. The Labute approximate surface area is 70.5 Å². The van der Waals surface area contributed by atoms with E-state index in [-0.39, 0.29) is 11.8 Å². The molecule has 1 saturated heterocycles. The van der Waals surface area contributed by atoms with Crippen molar-refractivity contribution >= 4 is 11.8 Å². The van der Waals surface area contributed by atoms with Crippen molar-refractivity contribution in [2.24, 2.45) is 17.4 Å². The molecule has 5 heteroatoms. The van der Waals surface area contributed by atoms with Crippen LogP contribution in [0.25, 0.3) is 0 Å². The maximum atomic E-state index is 10.8. The molecule has 0 aliphatic carbocycles. The Morgan fingerprint density at radius 3 is 2.42 bits per heavy atom. The number of primary amides is 2. The third kappa shape index (κ3) is 1.94. The van der Waals surface area contributed by atoms with Crippen molar-refractivity contribution in [3.63, 3.8) is 0 Å². The fourth-order valence-electron chi connectivity index (χ4n) is 1.39. The van der Waals surface area contributed by atoms with Crippen molar-refractivity contribution in [3.05, 3.63) is 0 Å². The lowest BCUT2D eigenvalue weighted by Crippen LogP contribution is -2.49. The van der Waals surface area contributed by atoms with Crippen molar-refractivity contribution in [1.82, 2.24) is 5.32 Å². The smallest absolute Gasteiger partial charge is 0.234 e. The number of hydrogen-bond donors (Lipinski definition) is 3. The van der Waals surface area contributed by atoms with Gasteiger partial charge in [-0.05, 0) is 19.4 Å². The van der Waals surface area contributed by atoms with Gasteiger partial charge in [0.15, 0.2) is 0 Å². The summed E-state index contributed by atoms with van der Waals surface area (Å²) in [6.45, 7) is 0.626. The van der Waals surface area contributed by atoms with Gasteiger partial charge in [-0.2, -0.15) is 0 Å². The highest BCUT2D eigenvalue weighted by atomic mass is 16.2.